The van der Waals surface area contributed by atoms with E-state index in [1.807, 2.05) is 37.3 Å². The van der Waals surface area contributed by atoms with Gasteiger partial charge in [-0.1, -0.05) is 42.5 Å². The van der Waals surface area contributed by atoms with Crippen LogP contribution in [0, 0.1) is 0 Å². The van der Waals surface area contributed by atoms with Gasteiger partial charge in [0, 0.05) is 7.11 Å². The topological polar surface area (TPSA) is 67.4 Å². The van der Waals surface area contributed by atoms with E-state index in [1.54, 1.807) is 24.3 Å². The molecular weight excluding hydrogens is 292 g/mol. The molecule has 0 fully saturated rings. The number of hydrogen-bond donors (Lipinski definition) is 2. The number of amides is 2. The fourth-order valence-electron chi connectivity index (χ4n) is 2.21. The summed E-state index contributed by atoms with van der Waals surface area (Å²) in [6, 6.07) is 16.5. The monoisotopic (exact) mass is 312 g/mol. The standard InChI is InChI=1S/C18H20N2O3/c1-13(14-8-4-3-5-9-14)19-18(22)15-10-6-7-11-16(15)20-17(21)12-23-2/h3-11,13H,12H2,1-2H3,(H,19,22)(H,20,21)/t13-/m0/s1. The van der Waals surface area contributed by atoms with Gasteiger partial charge in [-0.2, -0.15) is 0 Å². The van der Waals surface area contributed by atoms with Crippen LogP contribution in [0.4, 0.5) is 5.69 Å². The second-order valence-corrected chi connectivity index (χ2v) is 5.13. The van der Waals surface area contributed by atoms with Gasteiger partial charge >= 0.3 is 0 Å². The largest absolute Gasteiger partial charge is 0.375 e. The molecule has 0 radical (unpaired) electrons. The Morgan fingerprint density at radius 1 is 1.04 bits per heavy atom. The SMILES string of the molecule is COCC(=O)Nc1ccccc1C(=O)N[C@@H](C)c1ccccc1. The van der Waals surface area contributed by atoms with Gasteiger partial charge in [0.15, 0.2) is 0 Å². The van der Waals surface area contributed by atoms with Crippen LogP contribution in [0.15, 0.2) is 54.6 Å². The number of nitrogens with one attached hydrogen (secondary N) is 2. The summed E-state index contributed by atoms with van der Waals surface area (Å²) in [6.45, 7) is 1.86. The quantitative estimate of drug-likeness (QED) is 0.862. The van der Waals surface area contributed by atoms with Crippen LogP contribution in [0.3, 0.4) is 0 Å². The van der Waals surface area contributed by atoms with E-state index >= 15 is 0 Å². The van der Waals surface area contributed by atoms with Crippen LogP contribution in [0.1, 0.15) is 28.9 Å². The predicted molar refractivity (Wildman–Crippen MR) is 89.3 cm³/mol. The minimum Gasteiger partial charge on any atom is -0.375 e. The van der Waals surface area contributed by atoms with Gasteiger partial charge in [-0.25, -0.2) is 0 Å². The van der Waals surface area contributed by atoms with E-state index in [-0.39, 0.29) is 24.5 Å². The molecule has 0 unspecified atom stereocenters. The lowest BCUT2D eigenvalue weighted by Crippen LogP contribution is -2.28. The van der Waals surface area contributed by atoms with Crippen molar-refractivity contribution >= 4 is 17.5 Å². The molecule has 120 valence electrons. The van der Waals surface area contributed by atoms with Crippen molar-refractivity contribution < 1.29 is 14.3 Å². The number of carbonyl (C=O) groups is 2. The average molecular weight is 312 g/mol. The first-order valence-electron chi connectivity index (χ1n) is 7.35. The molecule has 2 amide bonds. The Hall–Kier alpha value is -2.66. The first kappa shape index (κ1) is 16.7. The zero-order valence-electron chi connectivity index (χ0n) is 13.2. The van der Waals surface area contributed by atoms with Crippen molar-refractivity contribution in [2.24, 2.45) is 0 Å². The Labute approximate surface area is 135 Å². The van der Waals surface area contributed by atoms with Crippen molar-refractivity contribution in [2.75, 3.05) is 19.0 Å². The molecule has 0 aliphatic rings. The Morgan fingerprint density at radius 3 is 2.39 bits per heavy atom. The smallest absolute Gasteiger partial charge is 0.253 e. The van der Waals surface area contributed by atoms with E-state index in [0.717, 1.165) is 5.56 Å². The number of rotatable bonds is 6. The highest BCUT2D eigenvalue weighted by molar-refractivity contribution is 6.04. The van der Waals surface area contributed by atoms with Crippen LogP contribution >= 0.6 is 0 Å². The second kappa shape index (κ2) is 8.10. The molecule has 0 heterocycles. The van der Waals surface area contributed by atoms with Gasteiger partial charge in [0.1, 0.15) is 6.61 Å². The number of methoxy groups -OCH3 is 1. The van der Waals surface area contributed by atoms with Crippen molar-refractivity contribution in [3.63, 3.8) is 0 Å². The number of ether oxygens (including phenoxy) is 1. The molecule has 0 spiro atoms. The van der Waals surface area contributed by atoms with Gasteiger partial charge in [-0.05, 0) is 24.6 Å². The summed E-state index contributed by atoms with van der Waals surface area (Å²) in [4.78, 5) is 24.2. The average Bonchev–Trinajstić information content (AvgIpc) is 2.56. The van der Waals surface area contributed by atoms with Crippen molar-refractivity contribution in [2.45, 2.75) is 13.0 Å². The van der Waals surface area contributed by atoms with E-state index in [1.165, 1.54) is 7.11 Å². The van der Waals surface area contributed by atoms with Crippen molar-refractivity contribution in [3.8, 4) is 0 Å². The molecule has 0 aliphatic carbocycles. The molecule has 23 heavy (non-hydrogen) atoms. The Bertz CT molecular complexity index is 671. The number of benzene rings is 2. The minimum absolute atomic E-state index is 0.0592. The van der Waals surface area contributed by atoms with Crippen LogP contribution < -0.4 is 10.6 Å². The highest BCUT2D eigenvalue weighted by Crippen LogP contribution is 2.17. The first-order valence-corrected chi connectivity index (χ1v) is 7.35. The summed E-state index contributed by atoms with van der Waals surface area (Å²) in [5.41, 5.74) is 1.90. The molecule has 0 saturated carbocycles. The number of anilines is 1. The normalized spacial score (nSPS) is 11.6. The maximum Gasteiger partial charge on any atom is 0.253 e. The zero-order valence-corrected chi connectivity index (χ0v) is 13.2. The third-order valence-electron chi connectivity index (χ3n) is 3.37. The molecular formula is C18H20N2O3. The lowest BCUT2D eigenvalue weighted by atomic mass is 10.1. The summed E-state index contributed by atoms with van der Waals surface area (Å²) in [7, 11) is 1.44. The van der Waals surface area contributed by atoms with Crippen LogP contribution in [-0.4, -0.2) is 25.5 Å². The molecule has 2 aromatic rings. The van der Waals surface area contributed by atoms with E-state index in [4.69, 9.17) is 4.74 Å². The van der Waals surface area contributed by atoms with Crippen LogP contribution in [-0.2, 0) is 9.53 Å². The molecule has 5 heteroatoms. The lowest BCUT2D eigenvalue weighted by molar-refractivity contribution is -0.119. The summed E-state index contributed by atoms with van der Waals surface area (Å²) in [5.74, 6) is -0.543. The third kappa shape index (κ3) is 4.66. The van der Waals surface area contributed by atoms with Crippen LogP contribution in [0.25, 0.3) is 0 Å². The highest BCUT2D eigenvalue weighted by atomic mass is 16.5. The Morgan fingerprint density at radius 2 is 1.70 bits per heavy atom. The van der Waals surface area contributed by atoms with E-state index < -0.39 is 0 Å². The zero-order chi connectivity index (χ0) is 16.7. The molecule has 1 atom stereocenters. The predicted octanol–water partition coefficient (Wildman–Crippen LogP) is 2.76. The van der Waals surface area contributed by atoms with E-state index in [0.29, 0.717) is 11.3 Å². The summed E-state index contributed by atoms with van der Waals surface area (Å²) in [6.07, 6.45) is 0. The molecule has 0 aliphatic heterocycles. The van der Waals surface area contributed by atoms with Crippen LogP contribution in [0.2, 0.25) is 0 Å². The van der Waals surface area contributed by atoms with Crippen molar-refractivity contribution in [3.05, 3.63) is 65.7 Å². The second-order valence-electron chi connectivity index (χ2n) is 5.13. The molecule has 5 nitrogen and oxygen atoms in total. The van der Waals surface area contributed by atoms with Gasteiger partial charge in [0.2, 0.25) is 5.91 Å². The maximum absolute atomic E-state index is 12.5. The fraction of sp³-hybridized carbons (Fsp3) is 0.222. The van der Waals surface area contributed by atoms with Gasteiger partial charge in [-0.3, -0.25) is 9.59 Å². The van der Waals surface area contributed by atoms with Gasteiger partial charge in [-0.15, -0.1) is 0 Å². The first-order chi connectivity index (χ1) is 11.1. The van der Waals surface area contributed by atoms with E-state index in [2.05, 4.69) is 10.6 Å². The molecule has 0 bridgehead atoms. The van der Waals surface area contributed by atoms with Gasteiger partial charge < -0.3 is 15.4 Å². The van der Waals surface area contributed by atoms with Crippen molar-refractivity contribution in [1.82, 2.24) is 5.32 Å². The molecule has 0 aromatic heterocycles. The van der Waals surface area contributed by atoms with Crippen molar-refractivity contribution in [1.29, 1.82) is 0 Å². The van der Waals surface area contributed by atoms with E-state index in [9.17, 15) is 9.59 Å². The number of hydrogen-bond acceptors (Lipinski definition) is 3. The summed E-state index contributed by atoms with van der Waals surface area (Å²) < 4.78 is 4.79. The summed E-state index contributed by atoms with van der Waals surface area (Å²) in [5, 5.41) is 5.62. The van der Waals surface area contributed by atoms with Crippen LogP contribution in [0.5, 0.6) is 0 Å². The third-order valence-corrected chi connectivity index (χ3v) is 3.37. The minimum atomic E-state index is -0.302. The molecule has 0 saturated heterocycles. The fourth-order valence-corrected chi connectivity index (χ4v) is 2.21. The Balaban J connectivity index is 2.11. The maximum atomic E-state index is 12.5. The number of para-hydroxylation sites is 1. The molecule has 2 rings (SSSR count). The molecule has 2 N–H and O–H groups in total. The highest BCUT2D eigenvalue weighted by Gasteiger charge is 2.15. The van der Waals surface area contributed by atoms with Gasteiger partial charge in [0.25, 0.3) is 5.91 Å². The Kier molecular flexibility index (Phi) is 5.88. The lowest BCUT2D eigenvalue weighted by Gasteiger charge is -2.16. The van der Waals surface area contributed by atoms with Gasteiger partial charge in [0.05, 0.1) is 17.3 Å². The molecule has 2 aromatic carbocycles. The number of carbonyl (C=O) groups excluding carboxylic acids is 2. The summed E-state index contributed by atoms with van der Waals surface area (Å²) >= 11 is 0.